The molecule has 212 valence electrons. The van der Waals surface area contributed by atoms with Crippen molar-refractivity contribution in [1.82, 2.24) is 15.3 Å². The zero-order valence-electron chi connectivity index (χ0n) is 24.4. The Kier molecular flexibility index (Phi) is 5.99. The number of hydrogen-bond acceptors (Lipinski definition) is 3. The average molecular weight is 553 g/mol. The first-order chi connectivity index (χ1) is 20.7. The second-order valence-electron chi connectivity index (χ2n) is 13.9. The highest BCUT2D eigenvalue weighted by molar-refractivity contribution is 6.02. The molecule has 3 saturated carbocycles. The van der Waals surface area contributed by atoms with E-state index in [0.29, 0.717) is 12.0 Å². The molecule has 2 N–H and O–H groups in total. The van der Waals surface area contributed by atoms with Gasteiger partial charge in [0, 0.05) is 41.9 Å². The number of rotatable bonds is 5. The molecular formula is C38H40N4. The molecule has 5 aliphatic rings. The monoisotopic (exact) mass is 552 g/mol. The minimum atomic E-state index is 0.480. The number of aromatic nitrogens is 2. The summed E-state index contributed by atoms with van der Waals surface area (Å²) in [5.41, 5.74) is 8.86. The van der Waals surface area contributed by atoms with Crippen LogP contribution in [0.25, 0.3) is 38.7 Å². The Morgan fingerprint density at radius 1 is 0.667 bits per heavy atom. The van der Waals surface area contributed by atoms with E-state index in [2.05, 4.69) is 77.2 Å². The quantitative estimate of drug-likeness (QED) is 0.260. The van der Waals surface area contributed by atoms with Crippen LogP contribution in [-0.2, 0) is 0 Å². The number of imidazole rings is 1. The summed E-state index contributed by atoms with van der Waals surface area (Å²) in [6, 6.07) is 24.0. The molecule has 1 unspecified atom stereocenters. The van der Waals surface area contributed by atoms with Gasteiger partial charge in [-0.3, -0.25) is 4.99 Å². The van der Waals surface area contributed by atoms with E-state index in [1.807, 2.05) is 6.20 Å². The predicted molar refractivity (Wildman–Crippen MR) is 172 cm³/mol. The van der Waals surface area contributed by atoms with Crippen molar-refractivity contribution in [3.8, 4) is 22.4 Å². The Morgan fingerprint density at radius 3 is 2.17 bits per heavy atom. The van der Waals surface area contributed by atoms with Gasteiger partial charge in [-0.2, -0.15) is 0 Å². The Hall–Kier alpha value is -3.50. The zero-order valence-corrected chi connectivity index (χ0v) is 24.4. The number of benzene rings is 3. The molecule has 0 amide bonds. The lowest BCUT2D eigenvalue weighted by Gasteiger charge is -2.14. The van der Waals surface area contributed by atoms with Gasteiger partial charge in [-0.1, -0.05) is 74.2 Å². The smallest absolute Gasteiger partial charge is 0.109 e. The minimum absolute atomic E-state index is 0.480. The van der Waals surface area contributed by atoms with Crippen LogP contribution in [0.2, 0.25) is 0 Å². The first-order valence-corrected chi connectivity index (χ1v) is 16.4. The lowest BCUT2D eigenvalue weighted by molar-refractivity contribution is 0.457. The normalized spacial score (nSPS) is 30.1. The Balaban J connectivity index is 0.880. The maximum absolute atomic E-state index is 4.87. The van der Waals surface area contributed by atoms with E-state index in [-0.39, 0.29) is 0 Å². The van der Waals surface area contributed by atoms with Crippen LogP contribution in [0.5, 0.6) is 0 Å². The molecule has 0 spiro atoms. The van der Waals surface area contributed by atoms with Gasteiger partial charge in [0.25, 0.3) is 0 Å². The largest absolute Gasteiger partial charge is 0.342 e. The van der Waals surface area contributed by atoms with Crippen molar-refractivity contribution in [2.45, 2.75) is 82.2 Å². The molecule has 3 aromatic carbocycles. The number of allylic oxidation sites excluding steroid dienone is 1. The van der Waals surface area contributed by atoms with Crippen molar-refractivity contribution in [3.05, 3.63) is 84.4 Å². The summed E-state index contributed by atoms with van der Waals surface area (Å²) in [4.78, 5) is 13.4. The summed E-state index contributed by atoms with van der Waals surface area (Å²) in [5.74, 6) is 4.57. The van der Waals surface area contributed by atoms with Crippen LogP contribution in [0.15, 0.2) is 78.1 Å². The SMILES string of the molecule is C1=C(c2ccc(-c3ccc4cc(-c5cnc(C6C[C@H]7CCC[C@H]7C6)[nH]5)ccc4c3)cc2)CC([C@@H]2C[C@@H]3CCC[C@@H]3N2)=N1. The van der Waals surface area contributed by atoms with Crippen LogP contribution in [0, 0.1) is 17.8 Å². The molecule has 4 fully saturated rings. The highest BCUT2D eigenvalue weighted by Gasteiger charge is 2.40. The van der Waals surface area contributed by atoms with Crippen LogP contribution in [0.4, 0.5) is 0 Å². The third-order valence-electron chi connectivity index (χ3n) is 11.5. The summed E-state index contributed by atoms with van der Waals surface area (Å²) >= 11 is 0. The summed E-state index contributed by atoms with van der Waals surface area (Å²) in [6.07, 6.45) is 17.5. The van der Waals surface area contributed by atoms with Crippen molar-refractivity contribution in [1.29, 1.82) is 0 Å². The zero-order chi connectivity index (χ0) is 27.6. The van der Waals surface area contributed by atoms with Crippen LogP contribution < -0.4 is 5.32 Å². The van der Waals surface area contributed by atoms with Crippen LogP contribution in [0.1, 0.15) is 81.5 Å². The molecule has 9 rings (SSSR count). The number of nitrogens with zero attached hydrogens (tertiary/aromatic N) is 2. The van der Waals surface area contributed by atoms with Gasteiger partial charge < -0.3 is 10.3 Å². The minimum Gasteiger partial charge on any atom is -0.342 e. The van der Waals surface area contributed by atoms with E-state index in [1.165, 1.54) is 108 Å². The maximum Gasteiger partial charge on any atom is 0.109 e. The highest BCUT2D eigenvalue weighted by Crippen LogP contribution is 2.50. The molecule has 0 radical (unpaired) electrons. The van der Waals surface area contributed by atoms with Crippen LogP contribution >= 0.6 is 0 Å². The number of hydrogen-bond donors (Lipinski definition) is 2. The Morgan fingerprint density at radius 2 is 1.36 bits per heavy atom. The number of aromatic amines is 1. The number of nitrogens with one attached hydrogen (secondary N) is 2. The highest BCUT2D eigenvalue weighted by atomic mass is 15.0. The van der Waals surface area contributed by atoms with Crippen molar-refractivity contribution < 1.29 is 0 Å². The molecule has 0 bridgehead atoms. The fourth-order valence-electron chi connectivity index (χ4n) is 9.18. The first kappa shape index (κ1) is 25.0. The van der Waals surface area contributed by atoms with E-state index < -0.39 is 0 Å². The first-order valence-electron chi connectivity index (χ1n) is 16.4. The molecule has 3 heterocycles. The van der Waals surface area contributed by atoms with Gasteiger partial charge in [0.05, 0.1) is 11.9 Å². The van der Waals surface area contributed by atoms with Gasteiger partial charge in [0.1, 0.15) is 5.82 Å². The van der Waals surface area contributed by atoms with Gasteiger partial charge >= 0.3 is 0 Å². The molecule has 1 saturated heterocycles. The molecule has 6 atom stereocenters. The van der Waals surface area contributed by atoms with E-state index >= 15 is 0 Å². The second-order valence-corrected chi connectivity index (χ2v) is 13.9. The molecule has 2 aliphatic heterocycles. The molecule has 42 heavy (non-hydrogen) atoms. The Labute approximate surface area is 248 Å². The molecule has 4 nitrogen and oxygen atoms in total. The summed E-state index contributed by atoms with van der Waals surface area (Å²) in [6.45, 7) is 0. The lowest BCUT2D eigenvalue weighted by atomic mass is 9.94. The van der Waals surface area contributed by atoms with Gasteiger partial charge in [-0.05, 0) is 95.0 Å². The average Bonchev–Trinajstić information content (AvgIpc) is 3.84. The molecular weight excluding hydrogens is 512 g/mol. The fourth-order valence-corrected chi connectivity index (χ4v) is 9.18. The van der Waals surface area contributed by atoms with Crippen molar-refractivity contribution in [2.24, 2.45) is 22.7 Å². The molecule has 4 heteroatoms. The predicted octanol–water partition coefficient (Wildman–Crippen LogP) is 8.91. The standard InChI is InChI=1S/C38H40N4/c1-3-25-17-32(18-26(25)4-1)38-40-22-37(42-38)31-14-13-28-15-27(11-12-29(28)16-31)23-7-9-24(10-8-23)33-20-35(39-21-33)36-19-30-5-2-6-34(30)41-36/h7-16,21-22,25-26,30,32,34,36,41H,1-6,17-20H2,(H,40,42)/t25-,26+,30-,32?,34-,36-/m0/s1. The summed E-state index contributed by atoms with van der Waals surface area (Å²) in [7, 11) is 0. The number of H-pyrrole nitrogens is 1. The lowest BCUT2D eigenvalue weighted by Crippen LogP contribution is -2.34. The number of fused-ring (bicyclic) bond motifs is 3. The molecule has 1 aromatic heterocycles. The van der Waals surface area contributed by atoms with Gasteiger partial charge in [-0.15, -0.1) is 0 Å². The Bertz CT molecular complexity index is 1680. The van der Waals surface area contributed by atoms with Gasteiger partial charge in [-0.25, -0.2) is 4.98 Å². The van der Waals surface area contributed by atoms with E-state index in [9.17, 15) is 0 Å². The third kappa shape index (κ3) is 4.38. The van der Waals surface area contributed by atoms with Crippen molar-refractivity contribution >= 4 is 22.1 Å². The van der Waals surface area contributed by atoms with Crippen molar-refractivity contribution in [2.75, 3.05) is 0 Å². The summed E-state index contributed by atoms with van der Waals surface area (Å²) < 4.78 is 0. The molecule has 3 aliphatic carbocycles. The molecule has 4 aromatic rings. The van der Waals surface area contributed by atoms with Crippen LogP contribution in [0.3, 0.4) is 0 Å². The van der Waals surface area contributed by atoms with Gasteiger partial charge in [0.15, 0.2) is 0 Å². The topological polar surface area (TPSA) is 53.1 Å². The number of aliphatic imine (C=N–C) groups is 1. The second kappa shape index (κ2) is 10.1. The van der Waals surface area contributed by atoms with E-state index in [0.717, 1.165) is 35.9 Å². The van der Waals surface area contributed by atoms with E-state index in [1.54, 1.807) is 0 Å². The van der Waals surface area contributed by atoms with Crippen molar-refractivity contribution in [3.63, 3.8) is 0 Å². The summed E-state index contributed by atoms with van der Waals surface area (Å²) in [5, 5.41) is 6.42. The maximum atomic E-state index is 4.87. The fraction of sp³-hybridized carbons (Fsp3) is 0.421. The van der Waals surface area contributed by atoms with Crippen LogP contribution in [-0.4, -0.2) is 27.8 Å². The van der Waals surface area contributed by atoms with Gasteiger partial charge in [0.2, 0.25) is 0 Å². The third-order valence-corrected chi connectivity index (χ3v) is 11.5. The van der Waals surface area contributed by atoms with E-state index in [4.69, 9.17) is 9.98 Å².